The minimum Gasteiger partial charge on any atom is -0.461 e. The Hall–Kier alpha value is -1.48. The number of aromatic nitrogens is 1. The lowest BCUT2D eigenvalue weighted by Crippen LogP contribution is -2.61. The van der Waals surface area contributed by atoms with E-state index in [1.54, 1.807) is 12.4 Å². The second-order valence-corrected chi connectivity index (χ2v) is 12.9. The summed E-state index contributed by atoms with van der Waals surface area (Å²) in [5, 5.41) is 15.2. The van der Waals surface area contributed by atoms with Crippen molar-refractivity contribution >= 4 is 23.5 Å². The standard InChI is InChI=1S/C29H45N3O4S/c1-19-5-10-29-11-6-23(33)27(29)28(19,3)24(36-25(34)18-37-22-8-15-32-16-9-22)17-21(26(35)20(29)2)7-14-31-13-4-12-30/h8-9,15-16,19-21,24,26-27,31,35H,4-7,10-14,17-18,30H2,1-3H3/t19-,20+,21-,24+,26+,27+,28+,29+/m1/s1. The summed E-state index contributed by atoms with van der Waals surface area (Å²) < 4.78 is 6.34. The van der Waals surface area contributed by atoms with Gasteiger partial charge in [-0.3, -0.25) is 14.6 Å². The van der Waals surface area contributed by atoms with E-state index < -0.39 is 17.6 Å². The van der Waals surface area contributed by atoms with E-state index in [1.165, 1.54) is 11.8 Å². The topological polar surface area (TPSA) is 115 Å². The van der Waals surface area contributed by atoms with Crippen molar-refractivity contribution in [1.29, 1.82) is 0 Å². The summed E-state index contributed by atoms with van der Waals surface area (Å²) in [6.07, 6.45) is 8.13. The Morgan fingerprint density at radius 3 is 2.76 bits per heavy atom. The van der Waals surface area contributed by atoms with E-state index in [0.29, 0.717) is 25.2 Å². The molecule has 1 aromatic rings. The van der Waals surface area contributed by atoms with E-state index in [0.717, 1.165) is 50.1 Å². The third-order valence-corrected chi connectivity index (χ3v) is 11.1. The van der Waals surface area contributed by atoms with Crippen LogP contribution in [-0.4, -0.2) is 59.4 Å². The van der Waals surface area contributed by atoms with Crippen molar-refractivity contribution in [2.75, 3.05) is 25.4 Å². The first-order valence-electron chi connectivity index (χ1n) is 14.1. The van der Waals surface area contributed by atoms with Crippen LogP contribution in [0.15, 0.2) is 29.4 Å². The van der Waals surface area contributed by atoms with Gasteiger partial charge < -0.3 is 20.9 Å². The fourth-order valence-corrected chi connectivity index (χ4v) is 8.46. The van der Waals surface area contributed by atoms with E-state index in [1.807, 2.05) is 12.1 Å². The number of hydrogen-bond donors (Lipinski definition) is 3. The van der Waals surface area contributed by atoms with Crippen LogP contribution in [0.5, 0.6) is 0 Å². The van der Waals surface area contributed by atoms with Gasteiger partial charge in [0.25, 0.3) is 0 Å². The maximum absolute atomic E-state index is 13.5. The molecule has 37 heavy (non-hydrogen) atoms. The second kappa shape index (κ2) is 12.1. The zero-order chi connectivity index (χ0) is 26.6. The molecule has 0 aliphatic heterocycles. The number of carbonyl (C=O) groups excluding carboxylic acids is 2. The summed E-state index contributed by atoms with van der Waals surface area (Å²) in [6, 6.07) is 3.77. The molecule has 3 saturated carbocycles. The minimum atomic E-state index is -0.532. The van der Waals surface area contributed by atoms with Crippen LogP contribution >= 0.6 is 11.8 Å². The van der Waals surface area contributed by atoms with Gasteiger partial charge in [-0.2, -0.15) is 0 Å². The van der Waals surface area contributed by atoms with E-state index >= 15 is 0 Å². The molecule has 1 heterocycles. The van der Waals surface area contributed by atoms with Crippen molar-refractivity contribution in [3.05, 3.63) is 24.5 Å². The number of hydrogen-bond acceptors (Lipinski definition) is 8. The lowest BCUT2D eigenvalue weighted by molar-refractivity contribution is -0.199. The number of nitrogens with two attached hydrogens (primary N) is 1. The Morgan fingerprint density at radius 1 is 1.27 bits per heavy atom. The van der Waals surface area contributed by atoms with Crippen molar-refractivity contribution in [2.45, 2.75) is 82.8 Å². The number of aliphatic hydroxyl groups excluding tert-OH is 1. The molecule has 4 rings (SSSR count). The number of nitrogens with zero attached hydrogens (tertiary/aromatic N) is 1. The molecule has 0 amide bonds. The Morgan fingerprint density at radius 2 is 2.03 bits per heavy atom. The normalized spacial score (nSPS) is 37.5. The molecule has 3 aliphatic carbocycles. The largest absolute Gasteiger partial charge is 0.461 e. The molecule has 8 heteroatoms. The molecule has 1 aromatic heterocycles. The van der Waals surface area contributed by atoms with Gasteiger partial charge in [0, 0.05) is 35.0 Å². The number of aliphatic hydroxyl groups is 1. The molecule has 3 fully saturated rings. The van der Waals surface area contributed by atoms with E-state index in [2.05, 4.69) is 31.1 Å². The number of carbonyl (C=O) groups is 2. The van der Waals surface area contributed by atoms with E-state index in [9.17, 15) is 14.7 Å². The third kappa shape index (κ3) is 5.63. The SMILES string of the molecule is C[C@@H]1CC[C@@]23CCC(=O)[C@H]2[C@]1(C)[C@@H](OC(=O)CSc1ccncc1)C[C@@H](CCNCCCN)[C@@H](O)[C@@H]3C. The first-order valence-corrected chi connectivity index (χ1v) is 15.1. The molecule has 0 radical (unpaired) electrons. The summed E-state index contributed by atoms with van der Waals surface area (Å²) in [6.45, 7) is 8.89. The van der Waals surface area contributed by atoms with Crippen LogP contribution in [0.2, 0.25) is 0 Å². The third-order valence-electron chi connectivity index (χ3n) is 10.1. The summed E-state index contributed by atoms with van der Waals surface area (Å²) in [5.74, 6) is 0.339. The molecule has 0 aromatic carbocycles. The number of ketones is 1. The van der Waals surface area contributed by atoms with Crippen molar-refractivity contribution in [2.24, 2.45) is 40.2 Å². The van der Waals surface area contributed by atoms with Crippen molar-refractivity contribution in [3.8, 4) is 0 Å². The van der Waals surface area contributed by atoms with Gasteiger partial charge in [-0.1, -0.05) is 20.8 Å². The van der Waals surface area contributed by atoms with Crippen LogP contribution in [0.4, 0.5) is 0 Å². The molecule has 0 spiro atoms. The molecule has 206 valence electrons. The van der Waals surface area contributed by atoms with Crippen LogP contribution in [0.25, 0.3) is 0 Å². The number of nitrogens with one attached hydrogen (secondary N) is 1. The lowest BCUT2D eigenvalue weighted by atomic mass is 9.45. The number of ether oxygens (including phenoxy) is 1. The van der Waals surface area contributed by atoms with Gasteiger partial charge in [-0.05, 0) is 93.5 Å². The van der Waals surface area contributed by atoms with Crippen molar-refractivity contribution in [1.82, 2.24) is 10.3 Å². The van der Waals surface area contributed by atoms with E-state index in [-0.39, 0.29) is 40.8 Å². The van der Waals surface area contributed by atoms with Gasteiger partial charge in [-0.15, -0.1) is 11.8 Å². The predicted molar refractivity (Wildman–Crippen MR) is 146 cm³/mol. The summed E-state index contributed by atoms with van der Waals surface area (Å²) in [5.41, 5.74) is 4.97. The Balaban J connectivity index is 1.60. The maximum atomic E-state index is 13.5. The second-order valence-electron chi connectivity index (χ2n) is 11.8. The number of esters is 1. The Kier molecular flexibility index (Phi) is 9.36. The fraction of sp³-hybridized carbons (Fsp3) is 0.759. The molecule has 0 unspecified atom stereocenters. The first-order chi connectivity index (χ1) is 17.7. The molecular weight excluding hydrogens is 486 g/mol. The highest BCUT2D eigenvalue weighted by Gasteiger charge is 2.67. The molecule has 4 N–H and O–H groups in total. The molecule has 2 bridgehead atoms. The van der Waals surface area contributed by atoms with Crippen LogP contribution in [-0.2, 0) is 14.3 Å². The number of thioether (sulfide) groups is 1. The number of Topliss-reactive ketones (excluding diaryl/α,β-unsaturated/α-hetero) is 1. The maximum Gasteiger partial charge on any atom is 0.316 e. The molecule has 0 saturated heterocycles. The van der Waals surface area contributed by atoms with Crippen molar-refractivity contribution < 1.29 is 19.4 Å². The Bertz CT molecular complexity index is 933. The van der Waals surface area contributed by atoms with Crippen LogP contribution in [0, 0.1) is 34.5 Å². The molecule has 7 nitrogen and oxygen atoms in total. The summed E-state index contributed by atoms with van der Waals surface area (Å²) in [4.78, 5) is 31.8. The smallest absolute Gasteiger partial charge is 0.316 e. The van der Waals surface area contributed by atoms with Crippen LogP contribution < -0.4 is 11.1 Å². The predicted octanol–water partition coefficient (Wildman–Crippen LogP) is 3.83. The van der Waals surface area contributed by atoms with Gasteiger partial charge in [0.2, 0.25) is 0 Å². The first kappa shape index (κ1) is 28.5. The number of pyridine rings is 1. The fourth-order valence-electron chi connectivity index (χ4n) is 7.79. The quantitative estimate of drug-likeness (QED) is 0.237. The zero-order valence-corrected chi connectivity index (χ0v) is 23.5. The lowest BCUT2D eigenvalue weighted by Gasteiger charge is -2.60. The average Bonchev–Trinajstić information content (AvgIpc) is 3.25. The average molecular weight is 532 g/mol. The van der Waals surface area contributed by atoms with Gasteiger partial charge in [-0.25, -0.2) is 0 Å². The summed E-state index contributed by atoms with van der Waals surface area (Å²) in [7, 11) is 0. The van der Waals surface area contributed by atoms with Gasteiger partial charge >= 0.3 is 5.97 Å². The van der Waals surface area contributed by atoms with Crippen molar-refractivity contribution in [3.63, 3.8) is 0 Å². The molecule has 3 aliphatic rings. The van der Waals surface area contributed by atoms with E-state index in [4.69, 9.17) is 10.5 Å². The highest BCUT2D eigenvalue weighted by atomic mass is 32.2. The Labute approximate surface area is 226 Å². The monoisotopic (exact) mass is 531 g/mol. The minimum absolute atomic E-state index is 0.0100. The highest BCUT2D eigenvalue weighted by Crippen LogP contribution is 2.67. The molecular formula is C29H45N3O4S. The number of rotatable bonds is 10. The van der Waals surface area contributed by atoms with Gasteiger partial charge in [0.15, 0.2) is 0 Å². The van der Waals surface area contributed by atoms with Crippen LogP contribution in [0.1, 0.15) is 65.7 Å². The van der Waals surface area contributed by atoms with Gasteiger partial charge in [0.1, 0.15) is 11.9 Å². The highest BCUT2D eigenvalue weighted by molar-refractivity contribution is 8.00. The molecule has 8 atom stereocenters. The van der Waals surface area contributed by atoms with Crippen LogP contribution in [0.3, 0.4) is 0 Å². The summed E-state index contributed by atoms with van der Waals surface area (Å²) >= 11 is 1.44. The van der Waals surface area contributed by atoms with Gasteiger partial charge in [0.05, 0.1) is 11.9 Å². The zero-order valence-electron chi connectivity index (χ0n) is 22.7.